The van der Waals surface area contributed by atoms with Crippen LogP contribution >= 0.6 is 0 Å². The van der Waals surface area contributed by atoms with Gasteiger partial charge in [-0.3, -0.25) is 4.99 Å². The lowest BCUT2D eigenvalue weighted by Crippen LogP contribution is -2.01. The van der Waals surface area contributed by atoms with E-state index in [4.69, 9.17) is 0 Å². The molecule has 0 rings (SSSR count). The molecule has 0 radical (unpaired) electrons. The van der Waals surface area contributed by atoms with Crippen molar-refractivity contribution >= 4 is 6.21 Å². The lowest BCUT2D eigenvalue weighted by molar-refractivity contribution is 0.470. The standard InChI is InChI=1S/C10H21N/c1-5-9(3)7-8-10(4)11-6-2/h6,9-10H,5,7-8H2,1-4H3. The van der Waals surface area contributed by atoms with Crippen LogP contribution in [0, 0.1) is 5.92 Å². The maximum atomic E-state index is 4.31. The fourth-order valence-corrected chi connectivity index (χ4v) is 1.06. The van der Waals surface area contributed by atoms with Crippen molar-refractivity contribution in [2.45, 2.75) is 53.0 Å². The number of hydrogen-bond acceptors (Lipinski definition) is 1. The van der Waals surface area contributed by atoms with Crippen molar-refractivity contribution in [2.75, 3.05) is 0 Å². The molecule has 66 valence electrons. The van der Waals surface area contributed by atoms with Crippen LogP contribution in [0.1, 0.15) is 47.0 Å². The van der Waals surface area contributed by atoms with Gasteiger partial charge < -0.3 is 0 Å². The molecule has 11 heavy (non-hydrogen) atoms. The molecule has 0 aliphatic carbocycles. The normalized spacial score (nSPS) is 17.1. The van der Waals surface area contributed by atoms with Gasteiger partial charge in [0.1, 0.15) is 0 Å². The zero-order chi connectivity index (χ0) is 8.69. The molecule has 0 aliphatic heterocycles. The molecule has 0 aromatic rings. The Balaban J connectivity index is 3.37. The van der Waals surface area contributed by atoms with Crippen LogP contribution in [0.3, 0.4) is 0 Å². The molecule has 1 heteroatoms. The van der Waals surface area contributed by atoms with Gasteiger partial charge in [0.15, 0.2) is 0 Å². The minimum absolute atomic E-state index is 0.522. The first-order valence-corrected chi connectivity index (χ1v) is 4.68. The second kappa shape index (κ2) is 6.38. The Hall–Kier alpha value is -0.330. The van der Waals surface area contributed by atoms with Crippen LogP contribution in [0.2, 0.25) is 0 Å². The van der Waals surface area contributed by atoms with E-state index < -0.39 is 0 Å². The fourth-order valence-electron chi connectivity index (χ4n) is 1.06. The Labute approximate surface area is 70.9 Å². The average Bonchev–Trinajstić information content (AvgIpc) is 2.01. The predicted octanol–water partition coefficient (Wildman–Crippen LogP) is 3.29. The average molecular weight is 155 g/mol. The highest BCUT2D eigenvalue weighted by Gasteiger charge is 2.01. The molecule has 0 aromatic carbocycles. The van der Waals surface area contributed by atoms with Gasteiger partial charge in [0.05, 0.1) is 0 Å². The largest absolute Gasteiger partial charge is 0.295 e. The molecular formula is C10H21N. The highest BCUT2D eigenvalue weighted by molar-refractivity contribution is 5.53. The maximum Gasteiger partial charge on any atom is 0.0467 e. The third-order valence-electron chi connectivity index (χ3n) is 2.18. The van der Waals surface area contributed by atoms with Crippen molar-refractivity contribution in [2.24, 2.45) is 10.9 Å². The van der Waals surface area contributed by atoms with Gasteiger partial charge in [-0.05, 0) is 38.8 Å². The van der Waals surface area contributed by atoms with Crippen LogP contribution in [-0.2, 0) is 0 Å². The summed E-state index contributed by atoms with van der Waals surface area (Å²) in [6.45, 7) is 8.73. The van der Waals surface area contributed by atoms with Crippen molar-refractivity contribution in [1.82, 2.24) is 0 Å². The Morgan fingerprint density at radius 1 is 1.27 bits per heavy atom. The Morgan fingerprint density at radius 3 is 2.36 bits per heavy atom. The molecule has 0 saturated carbocycles. The van der Waals surface area contributed by atoms with Crippen LogP contribution in [0.4, 0.5) is 0 Å². The van der Waals surface area contributed by atoms with E-state index in [1.54, 1.807) is 0 Å². The molecule has 0 heterocycles. The van der Waals surface area contributed by atoms with E-state index >= 15 is 0 Å². The van der Waals surface area contributed by atoms with Crippen molar-refractivity contribution in [3.05, 3.63) is 0 Å². The Bertz CT molecular complexity index is 107. The van der Waals surface area contributed by atoms with Crippen molar-refractivity contribution < 1.29 is 0 Å². The van der Waals surface area contributed by atoms with E-state index in [2.05, 4.69) is 25.8 Å². The second-order valence-electron chi connectivity index (χ2n) is 3.35. The molecule has 1 nitrogen and oxygen atoms in total. The van der Waals surface area contributed by atoms with E-state index in [1.807, 2.05) is 13.1 Å². The van der Waals surface area contributed by atoms with Gasteiger partial charge in [0.25, 0.3) is 0 Å². The summed E-state index contributed by atoms with van der Waals surface area (Å²) in [6.07, 6.45) is 5.75. The predicted molar refractivity (Wildman–Crippen MR) is 52.3 cm³/mol. The van der Waals surface area contributed by atoms with Gasteiger partial charge in [-0.15, -0.1) is 0 Å². The van der Waals surface area contributed by atoms with Gasteiger partial charge in [0.2, 0.25) is 0 Å². The SMILES string of the molecule is CC=NC(C)CCC(C)CC. The molecule has 0 saturated heterocycles. The quantitative estimate of drug-likeness (QED) is 0.540. The summed E-state index contributed by atoms with van der Waals surface area (Å²) in [4.78, 5) is 4.31. The third-order valence-corrected chi connectivity index (χ3v) is 2.18. The zero-order valence-corrected chi connectivity index (χ0v) is 8.30. The fraction of sp³-hybridized carbons (Fsp3) is 0.900. The summed E-state index contributed by atoms with van der Waals surface area (Å²) in [5.41, 5.74) is 0. The van der Waals surface area contributed by atoms with Gasteiger partial charge in [-0.2, -0.15) is 0 Å². The number of aliphatic imine (C=N–C) groups is 1. The summed E-state index contributed by atoms with van der Waals surface area (Å²) < 4.78 is 0. The molecule has 0 aromatic heterocycles. The first-order chi connectivity index (χ1) is 5.20. The molecule has 0 spiro atoms. The highest BCUT2D eigenvalue weighted by atomic mass is 14.7. The van der Waals surface area contributed by atoms with E-state index in [-0.39, 0.29) is 0 Å². The Morgan fingerprint density at radius 2 is 1.91 bits per heavy atom. The maximum absolute atomic E-state index is 4.31. The Kier molecular flexibility index (Phi) is 6.19. The minimum atomic E-state index is 0.522. The van der Waals surface area contributed by atoms with Crippen LogP contribution in [-0.4, -0.2) is 12.3 Å². The zero-order valence-electron chi connectivity index (χ0n) is 8.30. The second-order valence-corrected chi connectivity index (χ2v) is 3.35. The molecule has 2 unspecified atom stereocenters. The van der Waals surface area contributed by atoms with E-state index in [9.17, 15) is 0 Å². The van der Waals surface area contributed by atoms with E-state index in [1.165, 1.54) is 19.3 Å². The van der Waals surface area contributed by atoms with Gasteiger partial charge in [0, 0.05) is 6.04 Å². The summed E-state index contributed by atoms with van der Waals surface area (Å²) in [5, 5.41) is 0. The van der Waals surface area contributed by atoms with E-state index in [0.717, 1.165) is 5.92 Å². The molecule has 0 amide bonds. The molecule has 0 N–H and O–H groups in total. The minimum Gasteiger partial charge on any atom is -0.295 e. The monoisotopic (exact) mass is 155 g/mol. The summed E-state index contributed by atoms with van der Waals surface area (Å²) in [6, 6.07) is 0.522. The number of rotatable bonds is 5. The van der Waals surface area contributed by atoms with Gasteiger partial charge in [-0.25, -0.2) is 0 Å². The van der Waals surface area contributed by atoms with Crippen molar-refractivity contribution in [3.8, 4) is 0 Å². The smallest absolute Gasteiger partial charge is 0.0467 e. The van der Waals surface area contributed by atoms with Crippen molar-refractivity contribution in [1.29, 1.82) is 0 Å². The van der Waals surface area contributed by atoms with Crippen LogP contribution in [0.5, 0.6) is 0 Å². The summed E-state index contributed by atoms with van der Waals surface area (Å²) >= 11 is 0. The number of hydrogen-bond donors (Lipinski definition) is 0. The van der Waals surface area contributed by atoms with Gasteiger partial charge >= 0.3 is 0 Å². The summed E-state index contributed by atoms with van der Waals surface area (Å²) in [5.74, 6) is 0.865. The van der Waals surface area contributed by atoms with E-state index in [0.29, 0.717) is 6.04 Å². The topological polar surface area (TPSA) is 12.4 Å². The highest BCUT2D eigenvalue weighted by Crippen LogP contribution is 2.12. The van der Waals surface area contributed by atoms with Crippen LogP contribution in [0.15, 0.2) is 4.99 Å². The first-order valence-electron chi connectivity index (χ1n) is 4.68. The molecule has 0 bridgehead atoms. The summed E-state index contributed by atoms with van der Waals surface area (Å²) in [7, 11) is 0. The molecule has 2 atom stereocenters. The lowest BCUT2D eigenvalue weighted by Gasteiger charge is -2.09. The molecular weight excluding hydrogens is 134 g/mol. The van der Waals surface area contributed by atoms with Crippen molar-refractivity contribution in [3.63, 3.8) is 0 Å². The van der Waals surface area contributed by atoms with Gasteiger partial charge in [-0.1, -0.05) is 20.3 Å². The third kappa shape index (κ3) is 6.08. The number of nitrogens with zero attached hydrogens (tertiary/aromatic N) is 1. The first kappa shape index (κ1) is 10.7. The molecule has 0 aliphatic rings. The lowest BCUT2D eigenvalue weighted by atomic mass is 10.0. The van der Waals surface area contributed by atoms with Crippen LogP contribution in [0.25, 0.3) is 0 Å². The van der Waals surface area contributed by atoms with Crippen LogP contribution < -0.4 is 0 Å². The molecule has 0 fully saturated rings.